The lowest BCUT2D eigenvalue weighted by Crippen LogP contribution is -2.49. The number of hydrogen-bond donors (Lipinski definition) is 2. The van der Waals surface area contributed by atoms with Gasteiger partial charge in [-0.2, -0.15) is 8.78 Å². The molecule has 3 amide bonds. The molecule has 2 atom stereocenters. The van der Waals surface area contributed by atoms with E-state index in [4.69, 9.17) is 13.9 Å². The molecule has 0 radical (unpaired) electrons. The first-order chi connectivity index (χ1) is 21.6. The van der Waals surface area contributed by atoms with Gasteiger partial charge >= 0.3 is 0 Å². The van der Waals surface area contributed by atoms with Crippen LogP contribution in [0.1, 0.15) is 45.7 Å². The number of thiophene rings is 1. The molecular weight excluding hydrogens is 606 g/mol. The van der Waals surface area contributed by atoms with Crippen molar-refractivity contribution in [1.82, 2.24) is 20.5 Å². The second-order valence-electron chi connectivity index (χ2n) is 11.3. The maximum atomic E-state index is 14.9. The fourth-order valence-corrected chi connectivity index (χ4v) is 7.08. The average molecular weight is 635 g/mol. The van der Waals surface area contributed by atoms with Gasteiger partial charge in [-0.3, -0.25) is 14.4 Å². The normalized spacial score (nSPS) is 19.7. The van der Waals surface area contributed by atoms with E-state index in [1.807, 2.05) is 18.4 Å². The van der Waals surface area contributed by atoms with Gasteiger partial charge in [0, 0.05) is 38.9 Å². The summed E-state index contributed by atoms with van der Waals surface area (Å²) in [5.41, 5.74) is 2.05. The predicted octanol–water partition coefficient (Wildman–Crippen LogP) is 4.47. The van der Waals surface area contributed by atoms with E-state index in [0.717, 1.165) is 10.4 Å². The van der Waals surface area contributed by atoms with Gasteiger partial charge in [0.25, 0.3) is 11.8 Å². The lowest BCUT2D eigenvalue weighted by Gasteiger charge is -2.25. The zero-order valence-electron chi connectivity index (χ0n) is 24.0. The zero-order valence-corrected chi connectivity index (χ0v) is 24.9. The van der Waals surface area contributed by atoms with Gasteiger partial charge in [-0.15, -0.1) is 11.3 Å². The number of rotatable bonds is 7. The standard InChI is InChI=1S/C32H28F2N4O6S/c1-18(27-11-20(15-45-27)25-14-42-17-36-25)37-30(41)26-12-31(43-8-9-44-31)16-38(26)28(39)13-35-29(40)19-6-7-24-22(10-19)21-4-2-3-5-23(21)32(24,33)34/h2-7,10-11,14-15,17-18,26H,8-9,12-13,16H2,1H3,(H,35,40)(H,37,41)/t18?,26-/m0/s1. The number of benzene rings is 2. The Balaban J connectivity index is 1.04. The Labute approximate surface area is 260 Å². The van der Waals surface area contributed by atoms with Gasteiger partial charge in [0.05, 0.1) is 32.3 Å². The van der Waals surface area contributed by atoms with Crippen molar-refractivity contribution in [3.8, 4) is 22.4 Å². The summed E-state index contributed by atoms with van der Waals surface area (Å²) in [6.45, 7) is 2.13. The molecule has 2 aliphatic heterocycles. The van der Waals surface area contributed by atoms with Gasteiger partial charge in [-0.1, -0.05) is 30.3 Å². The molecule has 1 unspecified atom stereocenters. The quantitative estimate of drug-likeness (QED) is 0.308. The highest BCUT2D eigenvalue weighted by Gasteiger charge is 2.52. The molecule has 2 fully saturated rings. The summed E-state index contributed by atoms with van der Waals surface area (Å²) in [7, 11) is 0. The van der Waals surface area contributed by atoms with Crippen LogP contribution in [0.2, 0.25) is 0 Å². The number of amides is 3. The van der Waals surface area contributed by atoms with Gasteiger partial charge in [0.2, 0.25) is 11.8 Å². The third-order valence-electron chi connectivity index (χ3n) is 8.44. The maximum Gasteiger partial charge on any atom is 0.299 e. The molecule has 0 saturated carbocycles. The molecule has 2 aromatic carbocycles. The molecule has 1 spiro atoms. The van der Waals surface area contributed by atoms with Crippen LogP contribution in [0.4, 0.5) is 8.78 Å². The van der Waals surface area contributed by atoms with E-state index in [-0.39, 0.29) is 47.2 Å². The summed E-state index contributed by atoms with van der Waals surface area (Å²) in [4.78, 5) is 46.5. The summed E-state index contributed by atoms with van der Waals surface area (Å²) in [6, 6.07) is 10.8. The van der Waals surface area contributed by atoms with Crippen molar-refractivity contribution in [3.63, 3.8) is 0 Å². The number of carbonyl (C=O) groups excluding carboxylic acids is 3. The fraction of sp³-hybridized carbons (Fsp3) is 0.312. The number of nitrogens with one attached hydrogen (secondary N) is 2. The van der Waals surface area contributed by atoms with E-state index in [0.29, 0.717) is 24.5 Å². The maximum absolute atomic E-state index is 14.9. The fourth-order valence-electron chi connectivity index (χ4n) is 6.17. The second kappa shape index (κ2) is 11.2. The number of hydrogen-bond acceptors (Lipinski definition) is 8. The Kier molecular flexibility index (Phi) is 7.26. The van der Waals surface area contributed by atoms with Crippen LogP contribution in [0.3, 0.4) is 0 Å². The molecule has 4 heterocycles. The van der Waals surface area contributed by atoms with Crippen molar-refractivity contribution in [2.45, 2.75) is 37.1 Å². The number of carbonyl (C=O) groups is 3. The number of fused-ring (bicyclic) bond motifs is 3. The first-order valence-electron chi connectivity index (χ1n) is 14.4. The van der Waals surface area contributed by atoms with E-state index in [1.54, 1.807) is 24.5 Å². The smallest absolute Gasteiger partial charge is 0.299 e. The van der Waals surface area contributed by atoms with E-state index in [9.17, 15) is 23.2 Å². The summed E-state index contributed by atoms with van der Waals surface area (Å²) < 4.78 is 46.6. The molecule has 232 valence electrons. The highest BCUT2D eigenvalue weighted by atomic mass is 32.1. The molecule has 2 aromatic heterocycles. The number of oxazole rings is 1. The van der Waals surface area contributed by atoms with Crippen LogP contribution in [0, 0.1) is 0 Å². The van der Waals surface area contributed by atoms with Crippen LogP contribution in [0.5, 0.6) is 0 Å². The van der Waals surface area contributed by atoms with E-state index < -0.39 is 36.1 Å². The van der Waals surface area contributed by atoms with Crippen molar-refractivity contribution in [2.24, 2.45) is 0 Å². The molecule has 4 aromatic rings. The Morgan fingerprint density at radius 2 is 1.87 bits per heavy atom. The van der Waals surface area contributed by atoms with Crippen LogP contribution in [-0.4, -0.2) is 65.7 Å². The zero-order chi connectivity index (χ0) is 31.3. The third kappa shape index (κ3) is 5.20. The lowest BCUT2D eigenvalue weighted by atomic mass is 10.0. The molecule has 0 bridgehead atoms. The monoisotopic (exact) mass is 634 g/mol. The van der Waals surface area contributed by atoms with Crippen LogP contribution in [0.25, 0.3) is 22.4 Å². The summed E-state index contributed by atoms with van der Waals surface area (Å²) >= 11 is 1.46. The van der Waals surface area contributed by atoms with Crippen molar-refractivity contribution >= 4 is 29.1 Å². The summed E-state index contributed by atoms with van der Waals surface area (Å²) in [5.74, 6) is -5.76. The largest absolute Gasteiger partial charge is 0.451 e. The van der Waals surface area contributed by atoms with Gasteiger partial charge < -0.3 is 29.4 Å². The Bertz CT molecular complexity index is 1790. The molecule has 2 saturated heterocycles. The Morgan fingerprint density at radius 1 is 1.09 bits per heavy atom. The lowest BCUT2D eigenvalue weighted by molar-refractivity contribution is -0.152. The predicted molar refractivity (Wildman–Crippen MR) is 158 cm³/mol. The minimum absolute atomic E-state index is 0.0220. The number of aromatic nitrogens is 1. The van der Waals surface area contributed by atoms with Crippen molar-refractivity contribution in [2.75, 3.05) is 26.3 Å². The van der Waals surface area contributed by atoms with Gasteiger partial charge in [0.1, 0.15) is 18.0 Å². The molecule has 2 N–H and O–H groups in total. The third-order valence-corrected chi connectivity index (χ3v) is 9.55. The summed E-state index contributed by atoms with van der Waals surface area (Å²) in [6.07, 6.45) is 3.03. The topological polar surface area (TPSA) is 123 Å². The van der Waals surface area contributed by atoms with Gasteiger partial charge in [-0.05, 0) is 36.2 Å². The molecule has 3 aliphatic rings. The Morgan fingerprint density at radius 3 is 2.64 bits per heavy atom. The highest BCUT2D eigenvalue weighted by Crippen LogP contribution is 2.51. The highest BCUT2D eigenvalue weighted by molar-refractivity contribution is 7.10. The minimum Gasteiger partial charge on any atom is -0.451 e. The van der Waals surface area contributed by atoms with Gasteiger partial charge in [-0.25, -0.2) is 4.98 Å². The Hall–Kier alpha value is -4.46. The average Bonchev–Trinajstić information content (AvgIpc) is 3.88. The van der Waals surface area contributed by atoms with Crippen molar-refractivity contribution in [3.05, 3.63) is 88.1 Å². The van der Waals surface area contributed by atoms with E-state index in [1.165, 1.54) is 46.9 Å². The summed E-state index contributed by atoms with van der Waals surface area (Å²) in [5, 5.41) is 7.50. The number of alkyl halides is 2. The van der Waals surface area contributed by atoms with Crippen molar-refractivity contribution < 1.29 is 37.1 Å². The van der Waals surface area contributed by atoms with Crippen LogP contribution in [-0.2, 0) is 25.0 Å². The SMILES string of the molecule is CC(NC(=O)[C@@H]1CC2(CN1C(=O)CNC(=O)c1ccc3c(c1)-c1ccccc1C3(F)F)OCCO2)c1cc(-c2cocn2)cs1. The first-order valence-corrected chi connectivity index (χ1v) is 15.3. The molecule has 13 heteroatoms. The number of nitrogens with zero attached hydrogens (tertiary/aromatic N) is 2. The van der Waals surface area contributed by atoms with E-state index in [2.05, 4.69) is 15.6 Å². The minimum atomic E-state index is -3.16. The molecule has 7 rings (SSSR count). The van der Waals surface area contributed by atoms with E-state index >= 15 is 0 Å². The van der Waals surface area contributed by atoms with Crippen LogP contribution < -0.4 is 10.6 Å². The molecular formula is C32H28F2N4O6S. The number of halogens is 2. The second-order valence-corrected chi connectivity index (χ2v) is 12.2. The van der Waals surface area contributed by atoms with Crippen molar-refractivity contribution in [1.29, 1.82) is 0 Å². The first kappa shape index (κ1) is 29.3. The molecule has 10 nitrogen and oxygen atoms in total. The van der Waals surface area contributed by atoms with Gasteiger partial charge in [0.15, 0.2) is 12.2 Å². The molecule has 1 aliphatic carbocycles. The van der Waals surface area contributed by atoms with Crippen LogP contribution in [0.15, 0.2) is 71.0 Å². The van der Waals surface area contributed by atoms with Crippen LogP contribution >= 0.6 is 11.3 Å². The number of likely N-dealkylation sites (tertiary alicyclic amines) is 1. The molecule has 45 heavy (non-hydrogen) atoms. The number of ether oxygens (including phenoxy) is 2.